The summed E-state index contributed by atoms with van der Waals surface area (Å²) in [4.78, 5) is 0. The zero-order valence-electron chi connectivity index (χ0n) is 11.3. The molecule has 2 aliphatic rings. The Hall–Kier alpha value is -0.760. The molecule has 0 radical (unpaired) electrons. The van der Waals surface area contributed by atoms with Gasteiger partial charge in [0.05, 0.1) is 5.60 Å². The molecule has 1 aliphatic heterocycles. The van der Waals surface area contributed by atoms with Crippen molar-refractivity contribution in [2.45, 2.75) is 50.6 Å². The molecule has 0 aromatic rings. The Balaban J connectivity index is 2.12. The van der Waals surface area contributed by atoms with Crippen LogP contribution in [0.1, 0.15) is 39.5 Å². The largest absolute Gasteiger partial charge is 0.534 e. The second-order valence-corrected chi connectivity index (χ2v) is 7.28. The first-order chi connectivity index (χ1) is 8.99. The average molecular weight is 314 g/mol. The highest BCUT2D eigenvalue weighted by Crippen LogP contribution is 2.52. The van der Waals surface area contributed by atoms with Crippen molar-refractivity contribution in [3.63, 3.8) is 0 Å². The van der Waals surface area contributed by atoms with E-state index in [2.05, 4.69) is 4.18 Å². The predicted molar refractivity (Wildman–Crippen MR) is 65.1 cm³/mol. The van der Waals surface area contributed by atoms with Crippen LogP contribution in [0.3, 0.4) is 0 Å². The normalized spacial score (nSPS) is 30.4. The van der Waals surface area contributed by atoms with Crippen LogP contribution in [0, 0.1) is 5.41 Å². The fourth-order valence-electron chi connectivity index (χ4n) is 2.87. The molecule has 0 aromatic carbocycles. The van der Waals surface area contributed by atoms with E-state index in [0.29, 0.717) is 19.4 Å². The van der Waals surface area contributed by atoms with Crippen molar-refractivity contribution < 1.29 is 30.5 Å². The molecule has 0 saturated carbocycles. The molecular weight excluding hydrogens is 297 g/mol. The second kappa shape index (κ2) is 4.62. The van der Waals surface area contributed by atoms with E-state index in [1.807, 2.05) is 13.8 Å². The first kappa shape index (κ1) is 15.6. The van der Waals surface area contributed by atoms with Crippen LogP contribution in [0.5, 0.6) is 0 Å². The monoisotopic (exact) mass is 314 g/mol. The van der Waals surface area contributed by atoms with Gasteiger partial charge in [0, 0.05) is 18.4 Å². The summed E-state index contributed by atoms with van der Waals surface area (Å²) >= 11 is 0. The van der Waals surface area contributed by atoms with Crippen molar-refractivity contribution in [3.05, 3.63) is 11.8 Å². The van der Waals surface area contributed by atoms with Gasteiger partial charge in [-0.05, 0) is 39.2 Å². The number of ether oxygens (including phenoxy) is 1. The third kappa shape index (κ3) is 2.55. The molecule has 1 fully saturated rings. The molecule has 1 heterocycles. The maximum atomic E-state index is 12.2. The Kier molecular flexibility index (Phi) is 3.61. The number of halogens is 3. The Bertz CT molecular complexity index is 521. The van der Waals surface area contributed by atoms with E-state index in [4.69, 9.17) is 4.74 Å². The van der Waals surface area contributed by atoms with Gasteiger partial charge in [0.2, 0.25) is 0 Å². The molecule has 1 atom stereocenters. The van der Waals surface area contributed by atoms with Crippen molar-refractivity contribution in [2.24, 2.45) is 5.41 Å². The fourth-order valence-corrected chi connectivity index (χ4v) is 3.40. The number of allylic oxidation sites excluding steroid dienone is 2. The summed E-state index contributed by atoms with van der Waals surface area (Å²) in [5.41, 5.74) is -5.90. The average Bonchev–Trinajstić information content (AvgIpc) is 2.56. The smallest absolute Gasteiger partial charge is 0.381 e. The van der Waals surface area contributed by atoms with Crippen molar-refractivity contribution in [1.29, 1.82) is 0 Å². The van der Waals surface area contributed by atoms with Crippen LogP contribution < -0.4 is 0 Å². The van der Waals surface area contributed by atoms with Crippen LogP contribution in [0.25, 0.3) is 0 Å². The summed E-state index contributed by atoms with van der Waals surface area (Å²) in [6.07, 6.45) is 3.45. The van der Waals surface area contributed by atoms with Gasteiger partial charge in [-0.25, -0.2) is 0 Å². The standard InChI is InChI=1S/C12H17F3O4S/c1-10(2)11(7-8-18-10)5-3-9(4-6-11)19-20(16,17)12(13,14)15/h3H,4-8H2,1-2H3. The molecule has 0 amide bonds. The highest BCUT2D eigenvalue weighted by atomic mass is 32.2. The summed E-state index contributed by atoms with van der Waals surface area (Å²) < 4.78 is 68.5. The van der Waals surface area contributed by atoms with Crippen LogP contribution in [0.4, 0.5) is 13.2 Å². The van der Waals surface area contributed by atoms with Gasteiger partial charge in [-0.15, -0.1) is 0 Å². The molecule has 0 N–H and O–H groups in total. The zero-order chi connectivity index (χ0) is 15.2. The minimum atomic E-state index is -5.56. The maximum absolute atomic E-state index is 12.2. The highest BCUT2D eigenvalue weighted by molar-refractivity contribution is 7.87. The van der Waals surface area contributed by atoms with Gasteiger partial charge in [-0.1, -0.05) is 0 Å². The molecule has 8 heteroatoms. The molecular formula is C12H17F3O4S. The van der Waals surface area contributed by atoms with Gasteiger partial charge in [-0.2, -0.15) is 21.6 Å². The molecule has 4 nitrogen and oxygen atoms in total. The van der Waals surface area contributed by atoms with Crippen LogP contribution in [-0.4, -0.2) is 26.1 Å². The van der Waals surface area contributed by atoms with E-state index < -0.39 is 15.6 Å². The van der Waals surface area contributed by atoms with Gasteiger partial charge >= 0.3 is 15.6 Å². The van der Waals surface area contributed by atoms with E-state index >= 15 is 0 Å². The zero-order valence-corrected chi connectivity index (χ0v) is 12.1. The SMILES string of the molecule is CC1(C)OCCC12CC=C(OS(=O)(=O)C(F)(F)F)CC2. The van der Waals surface area contributed by atoms with Crippen molar-refractivity contribution in [3.8, 4) is 0 Å². The Labute approximate surface area is 116 Å². The number of alkyl halides is 3. The second-order valence-electron chi connectivity index (χ2n) is 5.75. The van der Waals surface area contributed by atoms with Crippen LogP contribution in [-0.2, 0) is 19.0 Å². The van der Waals surface area contributed by atoms with E-state index in [-0.39, 0.29) is 23.2 Å². The van der Waals surface area contributed by atoms with Crippen molar-refractivity contribution in [2.75, 3.05) is 6.61 Å². The van der Waals surface area contributed by atoms with Gasteiger partial charge in [-0.3, -0.25) is 0 Å². The topological polar surface area (TPSA) is 52.6 Å². The van der Waals surface area contributed by atoms with E-state index in [1.165, 1.54) is 6.08 Å². The Morgan fingerprint density at radius 2 is 1.95 bits per heavy atom. The van der Waals surface area contributed by atoms with E-state index in [1.54, 1.807) is 0 Å². The van der Waals surface area contributed by atoms with Gasteiger partial charge < -0.3 is 8.92 Å². The van der Waals surface area contributed by atoms with Gasteiger partial charge in [0.15, 0.2) is 0 Å². The lowest BCUT2D eigenvalue weighted by molar-refractivity contribution is -0.0540. The lowest BCUT2D eigenvalue weighted by atomic mass is 9.66. The summed E-state index contributed by atoms with van der Waals surface area (Å²) in [5.74, 6) is -0.129. The molecule has 20 heavy (non-hydrogen) atoms. The number of hydrogen-bond acceptors (Lipinski definition) is 4. The molecule has 1 saturated heterocycles. The fraction of sp³-hybridized carbons (Fsp3) is 0.833. The predicted octanol–water partition coefficient (Wildman–Crippen LogP) is 3.11. The summed E-state index contributed by atoms with van der Waals surface area (Å²) in [6, 6.07) is 0. The Morgan fingerprint density at radius 3 is 2.35 bits per heavy atom. The summed E-state index contributed by atoms with van der Waals surface area (Å²) in [5, 5.41) is 0. The molecule has 0 aromatic heterocycles. The summed E-state index contributed by atoms with van der Waals surface area (Å²) in [7, 11) is -5.56. The molecule has 116 valence electrons. The highest BCUT2D eigenvalue weighted by Gasteiger charge is 2.52. The minimum absolute atomic E-state index is 0.129. The lowest BCUT2D eigenvalue weighted by Crippen LogP contribution is -2.41. The third-order valence-electron chi connectivity index (χ3n) is 4.39. The van der Waals surface area contributed by atoms with Crippen molar-refractivity contribution in [1.82, 2.24) is 0 Å². The van der Waals surface area contributed by atoms with Gasteiger partial charge in [0.1, 0.15) is 5.76 Å². The van der Waals surface area contributed by atoms with E-state index in [0.717, 1.165) is 6.42 Å². The van der Waals surface area contributed by atoms with Crippen LogP contribution in [0.2, 0.25) is 0 Å². The van der Waals surface area contributed by atoms with Gasteiger partial charge in [0.25, 0.3) is 0 Å². The Morgan fingerprint density at radius 1 is 1.30 bits per heavy atom. The summed E-state index contributed by atoms with van der Waals surface area (Å²) in [6.45, 7) is 4.51. The first-order valence-electron chi connectivity index (χ1n) is 6.33. The first-order valence-corrected chi connectivity index (χ1v) is 7.74. The number of rotatable bonds is 2. The number of hydrogen-bond donors (Lipinski definition) is 0. The molecule has 0 bridgehead atoms. The molecule has 2 rings (SSSR count). The lowest BCUT2D eigenvalue weighted by Gasteiger charge is -2.41. The maximum Gasteiger partial charge on any atom is 0.534 e. The molecule has 1 spiro atoms. The van der Waals surface area contributed by atoms with Crippen LogP contribution >= 0.6 is 0 Å². The minimum Gasteiger partial charge on any atom is -0.381 e. The molecule has 1 aliphatic carbocycles. The van der Waals surface area contributed by atoms with Crippen LogP contribution in [0.15, 0.2) is 11.8 Å². The molecule has 1 unspecified atom stereocenters. The third-order valence-corrected chi connectivity index (χ3v) is 5.39. The van der Waals surface area contributed by atoms with Crippen molar-refractivity contribution >= 4 is 10.1 Å². The quantitative estimate of drug-likeness (QED) is 0.580. The van der Waals surface area contributed by atoms with E-state index in [9.17, 15) is 21.6 Å².